The van der Waals surface area contributed by atoms with E-state index in [2.05, 4.69) is 9.97 Å². The molecule has 1 N–H and O–H groups in total. The quantitative estimate of drug-likeness (QED) is 0.738. The molecule has 0 unspecified atom stereocenters. The molecule has 14 heavy (non-hydrogen) atoms. The molecule has 78 valence electrons. The Bertz CT molecular complexity index is 387. The highest BCUT2D eigenvalue weighted by molar-refractivity contribution is 4.90. The monoisotopic (exact) mass is 199 g/mol. The molecular weight excluding hydrogens is 186 g/mol. The molecule has 0 aliphatic heterocycles. The van der Waals surface area contributed by atoms with Gasteiger partial charge in [0.2, 0.25) is 0 Å². The maximum Gasteiger partial charge on any atom is 0.356 e. The summed E-state index contributed by atoms with van der Waals surface area (Å²) >= 11 is 0. The Morgan fingerprint density at radius 1 is 1.50 bits per heavy atom. The second kappa shape index (κ2) is 4.08. The number of nitrogens with zero attached hydrogens (tertiary/aromatic N) is 2. The van der Waals surface area contributed by atoms with Crippen molar-refractivity contribution < 1.29 is 4.74 Å². The Morgan fingerprint density at radius 3 is 2.57 bits per heavy atom. The van der Waals surface area contributed by atoms with Crippen LogP contribution in [0.25, 0.3) is 0 Å². The van der Waals surface area contributed by atoms with Crippen molar-refractivity contribution in [3.63, 3.8) is 0 Å². The maximum atomic E-state index is 11.4. The van der Waals surface area contributed by atoms with Crippen LogP contribution in [0, 0.1) is 0 Å². The Balaban J connectivity index is 3.26. The van der Waals surface area contributed by atoms with Gasteiger partial charge < -0.3 is 4.74 Å². The van der Waals surface area contributed by atoms with Gasteiger partial charge in [0, 0.05) is 6.04 Å². The molecule has 0 aliphatic rings. The summed E-state index contributed by atoms with van der Waals surface area (Å²) in [6.07, 6.45) is 0. The smallest absolute Gasteiger partial charge is 0.356 e. The maximum absolute atomic E-state index is 11.4. The van der Waals surface area contributed by atoms with Crippen LogP contribution in [0.2, 0.25) is 0 Å². The van der Waals surface area contributed by atoms with E-state index in [1.165, 1.54) is 0 Å². The number of ether oxygens (including phenoxy) is 1. The first-order valence-corrected chi connectivity index (χ1v) is 4.42. The zero-order valence-corrected chi connectivity index (χ0v) is 8.40. The molecule has 0 aliphatic carbocycles. The van der Waals surface area contributed by atoms with Crippen LogP contribution in [0.15, 0.2) is 9.59 Å². The van der Waals surface area contributed by atoms with Gasteiger partial charge in [0.25, 0.3) is 0 Å². The SMILES string of the molecule is CCOc1nc(=O)n(C(C)C)c(=O)[nH]1. The molecule has 6 nitrogen and oxygen atoms in total. The van der Waals surface area contributed by atoms with Crippen LogP contribution in [-0.2, 0) is 0 Å². The minimum absolute atomic E-state index is 0.0283. The molecule has 0 aromatic carbocycles. The van der Waals surface area contributed by atoms with Crippen molar-refractivity contribution >= 4 is 0 Å². The van der Waals surface area contributed by atoms with Gasteiger partial charge in [0.05, 0.1) is 6.61 Å². The van der Waals surface area contributed by atoms with Crippen molar-refractivity contribution in [2.45, 2.75) is 26.8 Å². The summed E-state index contributed by atoms with van der Waals surface area (Å²) in [6, 6.07) is -0.242. The molecule has 0 spiro atoms. The molecule has 0 amide bonds. The van der Waals surface area contributed by atoms with Crippen LogP contribution < -0.4 is 16.1 Å². The van der Waals surface area contributed by atoms with E-state index in [1.54, 1.807) is 20.8 Å². The van der Waals surface area contributed by atoms with Gasteiger partial charge in [0.1, 0.15) is 0 Å². The normalized spacial score (nSPS) is 10.6. The van der Waals surface area contributed by atoms with Crippen molar-refractivity contribution in [2.24, 2.45) is 0 Å². The first-order chi connectivity index (χ1) is 6.56. The number of nitrogens with one attached hydrogen (secondary N) is 1. The van der Waals surface area contributed by atoms with Crippen LogP contribution in [-0.4, -0.2) is 21.1 Å². The average Bonchev–Trinajstić information content (AvgIpc) is 2.01. The fourth-order valence-electron chi connectivity index (χ4n) is 1.07. The number of rotatable bonds is 3. The van der Waals surface area contributed by atoms with E-state index in [0.29, 0.717) is 6.61 Å². The molecule has 0 bridgehead atoms. The lowest BCUT2D eigenvalue weighted by Gasteiger charge is -2.07. The minimum atomic E-state index is -0.591. The first kappa shape index (κ1) is 10.5. The number of H-pyrrole nitrogens is 1. The molecule has 1 aromatic rings. The summed E-state index contributed by atoms with van der Waals surface area (Å²) < 4.78 is 5.95. The molecule has 0 radical (unpaired) electrons. The summed E-state index contributed by atoms with van der Waals surface area (Å²) in [5, 5.41) is 0. The van der Waals surface area contributed by atoms with Crippen molar-refractivity contribution in [3.8, 4) is 6.01 Å². The summed E-state index contributed by atoms with van der Waals surface area (Å²) in [6.45, 7) is 5.57. The van der Waals surface area contributed by atoms with Crippen LogP contribution in [0.4, 0.5) is 0 Å². The highest BCUT2D eigenvalue weighted by Gasteiger charge is 2.08. The zero-order valence-electron chi connectivity index (χ0n) is 8.40. The van der Waals surface area contributed by atoms with Crippen LogP contribution >= 0.6 is 0 Å². The summed E-state index contributed by atoms with van der Waals surface area (Å²) in [7, 11) is 0. The van der Waals surface area contributed by atoms with E-state index in [-0.39, 0.29) is 12.1 Å². The second-order valence-electron chi connectivity index (χ2n) is 3.03. The third-order valence-electron chi connectivity index (χ3n) is 1.63. The molecule has 6 heteroatoms. The fourth-order valence-corrected chi connectivity index (χ4v) is 1.07. The lowest BCUT2D eigenvalue weighted by molar-refractivity contribution is 0.303. The summed E-state index contributed by atoms with van der Waals surface area (Å²) in [5.74, 6) is 0. The third-order valence-corrected chi connectivity index (χ3v) is 1.63. The van der Waals surface area contributed by atoms with Crippen LogP contribution in [0.5, 0.6) is 6.01 Å². The number of hydrogen-bond donors (Lipinski definition) is 1. The highest BCUT2D eigenvalue weighted by atomic mass is 16.5. The van der Waals surface area contributed by atoms with E-state index >= 15 is 0 Å². The van der Waals surface area contributed by atoms with Crippen molar-refractivity contribution in [1.29, 1.82) is 0 Å². The molecular formula is C8H13N3O3. The largest absolute Gasteiger partial charge is 0.465 e. The van der Waals surface area contributed by atoms with Gasteiger partial charge in [-0.2, -0.15) is 0 Å². The Morgan fingerprint density at radius 2 is 2.14 bits per heavy atom. The summed E-state index contributed by atoms with van der Waals surface area (Å²) in [4.78, 5) is 28.6. The fraction of sp³-hybridized carbons (Fsp3) is 0.625. The average molecular weight is 199 g/mol. The van der Waals surface area contributed by atoms with Gasteiger partial charge in [-0.3, -0.25) is 4.98 Å². The molecule has 1 heterocycles. The van der Waals surface area contributed by atoms with E-state index < -0.39 is 11.4 Å². The predicted molar refractivity (Wildman–Crippen MR) is 50.7 cm³/mol. The van der Waals surface area contributed by atoms with Crippen molar-refractivity contribution in [1.82, 2.24) is 14.5 Å². The standard InChI is InChI=1S/C8H13N3O3/c1-4-14-6-9-7(12)11(5(2)3)8(13)10-6/h5H,4H2,1-3H3,(H,9,10,12,13). The molecule has 0 atom stereocenters. The number of hydrogen-bond acceptors (Lipinski definition) is 4. The zero-order chi connectivity index (χ0) is 10.7. The Kier molecular flexibility index (Phi) is 3.06. The summed E-state index contributed by atoms with van der Waals surface area (Å²) in [5.41, 5.74) is -1.09. The van der Waals surface area contributed by atoms with E-state index in [4.69, 9.17) is 4.74 Å². The molecule has 1 aromatic heterocycles. The molecule has 0 saturated heterocycles. The minimum Gasteiger partial charge on any atom is -0.465 e. The van der Waals surface area contributed by atoms with E-state index in [1.807, 2.05) is 0 Å². The second-order valence-corrected chi connectivity index (χ2v) is 3.03. The van der Waals surface area contributed by atoms with Gasteiger partial charge >= 0.3 is 17.4 Å². The molecule has 0 saturated carbocycles. The highest BCUT2D eigenvalue weighted by Crippen LogP contribution is 1.96. The molecule has 0 fully saturated rings. The van der Waals surface area contributed by atoms with Crippen LogP contribution in [0.3, 0.4) is 0 Å². The third kappa shape index (κ3) is 2.01. The van der Waals surface area contributed by atoms with E-state index in [9.17, 15) is 9.59 Å². The number of aromatic nitrogens is 3. The van der Waals surface area contributed by atoms with Gasteiger partial charge in [-0.15, -0.1) is 4.98 Å². The van der Waals surface area contributed by atoms with Gasteiger partial charge in [-0.05, 0) is 20.8 Å². The van der Waals surface area contributed by atoms with Gasteiger partial charge in [0.15, 0.2) is 0 Å². The topological polar surface area (TPSA) is 77.0 Å². The van der Waals surface area contributed by atoms with Gasteiger partial charge in [-0.1, -0.05) is 0 Å². The predicted octanol–water partition coefficient (Wildman–Crippen LogP) is -0.0888. The lowest BCUT2D eigenvalue weighted by atomic mass is 10.4. The van der Waals surface area contributed by atoms with Gasteiger partial charge in [-0.25, -0.2) is 14.2 Å². The van der Waals surface area contributed by atoms with Crippen molar-refractivity contribution in [3.05, 3.63) is 21.0 Å². The lowest BCUT2D eigenvalue weighted by Crippen LogP contribution is -2.38. The van der Waals surface area contributed by atoms with Crippen LogP contribution in [0.1, 0.15) is 26.8 Å². The Hall–Kier alpha value is -1.59. The number of aromatic amines is 1. The van der Waals surface area contributed by atoms with E-state index in [0.717, 1.165) is 4.57 Å². The molecule has 1 rings (SSSR count). The first-order valence-electron chi connectivity index (χ1n) is 4.42. The Labute approximate surface area is 80.6 Å². The van der Waals surface area contributed by atoms with Crippen molar-refractivity contribution in [2.75, 3.05) is 6.61 Å².